The summed E-state index contributed by atoms with van der Waals surface area (Å²) in [5, 5.41) is 10.2. The fraction of sp³-hybridized carbons (Fsp3) is 0.222. The number of anilines is 1. The van der Waals surface area contributed by atoms with E-state index in [4.69, 9.17) is 23.2 Å². The molecule has 178 valence electrons. The Hall–Kier alpha value is -3.35. The molecular formula is C27H22Cl2N2O4. The Kier molecular flexibility index (Phi) is 6.03. The van der Waals surface area contributed by atoms with Crippen LogP contribution >= 0.6 is 23.2 Å². The lowest BCUT2D eigenvalue weighted by molar-refractivity contribution is -0.126. The molecule has 2 saturated heterocycles. The minimum Gasteiger partial charge on any atom is -0.478 e. The van der Waals surface area contributed by atoms with Crippen LogP contribution in [0, 0.1) is 0 Å². The summed E-state index contributed by atoms with van der Waals surface area (Å²) in [6.45, 7) is 0.499. The van der Waals surface area contributed by atoms with Crippen LogP contribution in [-0.4, -0.2) is 40.0 Å². The van der Waals surface area contributed by atoms with Gasteiger partial charge < -0.3 is 10.0 Å². The van der Waals surface area contributed by atoms with E-state index in [0.717, 1.165) is 24.0 Å². The molecule has 3 aromatic carbocycles. The number of piperidine rings is 1. The summed E-state index contributed by atoms with van der Waals surface area (Å²) in [7, 11) is 0. The quantitative estimate of drug-likeness (QED) is 0.410. The average Bonchev–Trinajstić information content (AvgIpc) is 3.05. The molecule has 2 heterocycles. The number of carboxylic acids is 1. The number of carbonyl (C=O) groups excluding carboxylic acids is 2. The Morgan fingerprint density at radius 3 is 2.31 bits per heavy atom. The molecule has 3 amide bonds. The van der Waals surface area contributed by atoms with Crippen molar-refractivity contribution in [2.45, 2.75) is 31.2 Å². The third-order valence-electron chi connectivity index (χ3n) is 6.79. The maximum Gasteiger partial charge on any atom is 0.336 e. The Morgan fingerprint density at radius 2 is 1.63 bits per heavy atom. The highest BCUT2D eigenvalue weighted by molar-refractivity contribution is 6.35. The second-order valence-corrected chi connectivity index (χ2v) is 9.79. The van der Waals surface area contributed by atoms with Crippen LogP contribution in [0.4, 0.5) is 10.5 Å². The fourth-order valence-corrected chi connectivity index (χ4v) is 5.68. The largest absolute Gasteiger partial charge is 0.478 e. The van der Waals surface area contributed by atoms with Crippen molar-refractivity contribution in [3.8, 4) is 11.1 Å². The highest BCUT2D eigenvalue weighted by atomic mass is 35.5. The SMILES string of the molecule is O=C(O)c1ccccc1-c1ccc(CC23CCCCN2C(=O)N(c2cc(Cl)cc(Cl)c2)C3=O)cc1. The van der Waals surface area contributed by atoms with E-state index in [1.54, 1.807) is 47.4 Å². The summed E-state index contributed by atoms with van der Waals surface area (Å²) >= 11 is 12.3. The molecule has 3 aromatic rings. The van der Waals surface area contributed by atoms with Gasteiger partial charge >= 0.3 is 12.0 Å². The standard InChI is InChI=1S/C27H22Cl2N2O4/c28-19-13-20(29)15-21(14-19)31-25(34)27(11-3-4-12-30(27)26(31)35)16-17-7-9-18(10-8-17)22-5-1-2-6-23(22)24(32)33/h1-2,5-10,13-15H,3-4,11-12,16H2,(H,32,33). The number of imide groups is 1. The molecule has 0 spiro atoms. The number of hydrogen-bond acceptors (Lipinski definition) is 3. The Bertz CT molecular complexity index is 1320. The molecule has 0 radical (unpaired) electrons. The molecule has 0 bridgehead atoms. The molecule has 1 N–H and O–H groups in total. The van der Waals surface area contributed by atoms with Crippen molar-refractivity contribution in [1.29, 1.82) is 0 Å². The van der Waals surface area contributed by atoms with Gasteiger partial charge in [0.15, 0.2) is 0 Å². The molecule has 0 aromatic heterocycles. The van der Waals surface area contributed by atoms with Gasteiger partial charge in [-0.15, -0.1) is 0 Å². The second-order valence-electron chi connectivity index (χ2n) is 8.92. The lowest BCUT2D eigenvalue weighted by atomic mass is 9.81. The first kappa shape index (κ1) is 23.4. The van der Waals surface area contributed by atoms with Crippen LogP contribution in [0.2, 0.25) is 10.0 Å². The van der Waals surface area contributed by atoms with Crippen LogP contribution in [0.3, 0.4) is 0 Å². The lowest BCUT2D eigenvalue weighted by Crippen LogP contribution is -2.54. The Balaban J connectivity index is 1.48. The predicted octanol–water partition coefficient (Wildman–Crippen LogP) is 6.29. The first-order valence-electron chi connectivity index (χ1n) is 11.3. The number of fused-ring (bicyclic) bond motifs is 1. The zero-order valence-electron chi connectivity index (χ0n) is 18.7. The molecule has 8 heteroatoms. The second kappa shape index (κ2) is 9.02. The molecule has 6 nitrogen and oxygen atoms in total. The van der Waals surface area contributed by atoms with Crippen LogP contribution in [0.1, 0.15) is 35.2 Å². The number of carboxylic acid groups (broad SMARTS) is 1. The van der Waals surface area contributed by atoms with Crippen molar-refractivity contribution in [2.24, 2.45) is 0 Å². The van der Waals surface area contributed by atoms with Gasteiger partial charge in [-0.25, -0.2) is 14.5 Å². The zero-order chi connectivity index (χ0) is 24.7. The van der Waals surface area contributed by atoms with Crippen molar-refractivity contribution in [2.75, 3.05) is 11.4 Å². The fourth-order valence-electron chi connectivity index (χ4n) is 5.17. The topological polar surface area (TPSA) is 77.9 Å². The van der Waals surface area contributed by atoms with E-state index in [0.29, 0.717) is 40.7 Å². The number of rotatable bonds is 5. The molecule has 2 aliphatic rings. The lowest BCUT2D eigenvalue weighted by Gasteiger charge is -2.39. The number of aromatic carboxylic acids is 1. The van der Waals surface area contributed by atoms with Crippen LogP contribution < -0.4 is 4.90 Å². The van der Waals surface area contributed by atoms with Gasteiger partial charge in [0.05, 0.1) is 11.3 Å². The molecule has 1 unspecified atom stereocenters. The summed E-state index contributed by atoms with van der Waals surface area (Å²) in [4.78, 5) is 41.7. The van der Waals surface area contributed by atoms with E-state index in [-0.39, 0.29) is 17.5 Å². The minimum atomic E-state index is -0.988. The van der Waals surface area contributed by atoms with Crippen molar-refractivity contribution < 1.29 is 19.5 Å². The number of amides is 3. The van der Waals surface area contributed by atoms with E-state index >= 15 is 0 Å². The van der Waals surface area contributed by atoms with Gasteiger partial charge in [0.25, 0.3) is 5.91 Å². The summed E-state index contributed by atoms with van der Waals surface area (Å²) in [6.07, 6.45) is 2.59. The molecule has 2 fully saturated rings. The normalized spacial score (nSPS) is 19.7. The van der Waals surface area contributed by atoms with Gasteiger partial charge in [0.2, 0.25) is 0 Å². The van der Waals surface area contributed by atoms with Gasteiger partial charge in [-0.3, -0.25) is 4.79 Å². The number of nitrogens with zero attached hydrogens (tertiary/aromatic N) is 2. The average molecular weight is 509 g/mol. The van der Waals surface area contributed by atoms with E-state index in [1.807, 2.05) is 24.3 Å². The zero-order valence-corrected chi connectivity index (χ0v) is 20.2. The first-order valence-corrected chi connectivity index (χ1v) is 12.1. The van der Waals surface area contributed by atoms with E-state index in [9.17, 15) is 19.5 Å². The summed E-state index contributed by atoms with van der Waals surface area (Å²) in [6, 6.07) is 18.7. The van der Waals surface area contributed by atoms with E-state index < -0.39 is 11.5 Å². The third kappa shape index (κ3) is 4.07. The first-order chi connectivity index (χ1) is 16.8. The Morgan fingerprint density at radius 1 is 0.943 bits per heavy atom. The highest BCUT2D eigenvalue weighted by Crippen LogP contribution is 2.42. The van der Waals surface area contributed by atoms with Gasteiger partial charge in [0, 0.05) is 23.0 Å². The highest BCUT2D eigenvalue weighted by Gasteiger charge is 2.58. The van der Waals surface area contributed by atoms with Crippen molar-refractivity contribution >= 4 is 46.8 Å². The van der Waals surface area contributed by atoms with Gasteiger partial charge in [-0.2, -0.15) is 0 Å². The van der Waals surface area contributed by atoms with Crippen molar-refractivity contribution in [3.05, 3.63) is 87.9 Å². The Labute approximate surface area is 212 Å². The molecule has 35 heavy (non-hydrogen) atoms. The van der Waals surface area contributed by atoms with Crippen LogP contribution in [0.25, 0.3) is 11.1 Å². The number of hydrogen-bond donors (Lipinski definition) is 1. The molecule has 0 aliphatic carbocycles. The van der Waals surface area contributed by atoms with E-state index in [2.05, 4.69) is 0 Å². The summed E-state index contributed by atoms with van der Waals surface area (Å²) in [5.74, 6) is -1.27. The maximum absolute atomic E-state index is 13.8. The minimum absolute atomic E-state index is 0.227. The molecule has 0 saturated carbocycles. The van der Waals surface area contributed by atoms with Crippen molar-refractivity contribution in [3.63, 3.8) is 0 Å². The smallest absolute Gasteiger partial charge is 0.336 e. The van der Waals surface area contributed by atoms with Crippen LogP contribution in [0.5, 0.6) is 0 Å². The van der Waals surface area contributed by atoms with Gasteiger partial charge in [-0.05, 0) is 60.2 Å². The monoisotopic (exact) mass is 508 g/mol. The van der Waals surface area contributed by atoms with Gasteiger partial charge in [0.1, 0.15) is 5.54 Å². The maximum atomic E-state index is 13.8. The molecule has 2 aliphatic heterocycles. The molecule has 1 atom stereocenters. The molecule has 5 rings (SSSR count). The predicted molar refractivity (Wildman–Crippen MR) is 135 cm³/mol. The third-order valence-corrected chi connectivity index (χ3v) is 7.22. The number of carbonyl (C=O) groups is 3. The summed E-state index contributed by atoms with van der Waals surface area (Å²) < 4.78 is 0. The number of halogens is 2. The van der Waals surface area contributed by atoms with E-state index in [1.165, 1.54) is 4.90 Å². The number of benzene rings is 3. The van der Waals surface area contributed by atoms with Crippen LogP contribution in [0.15, 0.2) is 66.7 Å². The van der Waals surface area contributed by atoms with Gasteiger partial charge in [-0.1, -0.05) is 65.7 Å². The number of urea groups is 1. The summed E-state index contributed by atoms with van der Waals surface area (Å²) in [5.41, 5.74) is 1.90. The molecular weight excluding hydrogens is 487 g/mol. The van der Waals surface area contributed by atoms with Crippen molar-refractivity contribution in [1.82, 2.24) is 4.90 Å². The van der Waals surface area contributed by atoms with Crippen LogP contribution in [-0.2, 0) is 11.2 Å².